The number of hydrogen-bond acceptors (Lipinski definition) is 6. The fraction of sp³-hybridized carbons (Fsp3) is 0.762. The number of aliphatic hydroxyl groups is 1. The first-order valence-electron chi connectivity index (χ1n) is 20.4. The average Bonchev–Trinajstić information content (AvgIpc) is 3.11. The molecule has 2 atom stereocenters. The molecule has 0 aliphatic rings. The molecule has 0 aromatic rings. The Labute approximate surface area is 310 Å². The molecule has 0 bridgehead atoms. The largest absolute Gasteiger partial charge is 0.480 e. The second kappa shape index (κ2) is 36.8. The minimum atomic E-state index is -1.39. The number of carbonyl (C=O) groups is 4. The van der Waals surface area contributed by atoms with E-state index in [1.165, 1.54) is 89.9 Å². The Morgan fingerprint density at radius 1 is 0.608 bits per heavy atom. The maximum absolute atomic E-state index is 12.6. The molecule has 0 saturated heterocycles. The smallest absolute Gasteiger partial charge is 0.328 e. The molecule has 0 heterocycles. The summed E-state index contributed by atoms with van der Waals surface area (Å²) in [6, 6.07) is -1.39. The van der Waals surface area contributed by atoms with E-state index in [0.29, 0.717) is 12.8 Å². The van der Waals surface area contributed by atoms with Crippen LogP contribution in [0, 0.1) is 0 Å². The predicted molar refractivity (Wildman–Crippen MR) is 208 cm³/mol. The van der Waals surface area contributed by atoms with Crippen molar-refractivity contribution in [1.82, 2.24) is 10.6 Å². The van der Waals surface area contributed by atoms with Crippen molar-refractivity contribution in [3.05, 3.63) is 36.5 Å². The number of rotatable bonds is 36. The normalized spacial score (nSPS) is 12.8. The van der Waals surface area contributed by atoms with Crippen LogP contribution < -0.4 is 10.6 Å². The second-order valence-electron chi connectivity index (χ2n) is 13.7. The first-order valence-corrected chi connectivity index (χ1v) is 20.4. The van der Waals surface area contributed by atoms with E-state index in [-0.39, 0.29) is 30.9 Å². The van der Waals surface area contributed by atoms with Gasteiger partial charge in [0.15, 0.2) is 0 Å². The Morgan fingerprint density at radius 2 is 1.12 bits per heavy atom. The molecule has 0 fully saturated rings. The summed E-state index contributed by atoms with van der Waals surface area (Å²) in [5, 5.41) is 22.5. The number of carboxylic acids is 1. The van der Waals surface area contributed by atoms with E-state index in [4.69, 9.17) is 14.9 Å². The molecule has 9 nitrogen and oxygen atoms in total. The zero-order valence-corrected chi connectivity index (χ0v) is 32.4. The lowest BCUT2D eigenvalue weighted by Crippen LogP contribution is -2.47. The van der Waals surface area contributed by atoms with Gasteiger partial charge >= 0.3 is 11.9 Å². The standard InChI is InChI=1S/C42H74N2O7/c1-3-5-7-9-10-11-12-13-14-15-16-17-18-19-20-21-22-24-30-34-41(48)51-37(31-27-23-8-6-4-2)32-28-25-26-29-33-39(46)43-35-40(47)44-38(36-45)42(49)50/h10-11,13-14,27,31,37-38,45H,3-9,12,15-26,28-30,32-36H2,1-2H3,(H,43,46)(H,44,47)(H,49,50)/b11-10-,14-13-,31-27-. The molecular formula is C42H74N2O7. The Kier molecular flexibility index (Phi) is 34.7. The average molecular weight is 719 g/mol. The summed E-state index contributed by atoms with van der Waals surface area (Å²) in [6.45, 7) is 3.37. The monoisotopic (exact) mass is 719 g/mol. The molecule has 0 aromatic carbocycles. The molecule has 51 heavy (non-hydrogen) atoms. The molecule has 0 spiro atoms. The number of hydrogen-bond donors (Lipinski definition) is 4. The van der Waals surface area contributed by atoms with Crippen molar-refractivity contribution in [1.29, 1.82) is 0 Å². The molecule has 294 valence electrons. The highest BCUT2D eigenvalue weighted by molar-refractivity contribution is 5.87. The van der Waals surface area contributed by atoms with Gasteiger partial charge in [-0.05, 0) is 76.7 Å². The van der Waals surface area contributed by atoms with Gasteiger partial charge in [0.2, 0.25) is 11.8 Å². The number of esters is 1. The summed E-state index contributed by atoms with van der Waals surface area (Å²) in [5.74, 6) is -2.41. The molecule has 0 saturated carbocycles. The highest BCUT2D eigenvalue weighted by atomic mass is 16.5. The lowest BCUT2D eigenvalue weighted by atomic mass is 10.1. The topological polar surface area (TPSA) is 142 Å². The van der Waals surface area contributed by atoms with Gasteiger partial charge in [0.25, 0.3) is 0 Å². The van der Waals surface area contributed by atoms with Crippen molar-refractivity contribution in [2.45, 2.75) is 193 Å². The molecule has 0 aliphatic heterocycles. The highest BCUT2D eigenvalue weighted by Crippen LogP contribution is 2.15. The maximum Gasteiger partial charge on any atom is 0.328 e. The molecule has 9 heteroatoms. The van der Waals surface area contributed by atoms with Crippen LogP contribution >= 0.6 is 0 Å². The van der Waals surface area contributed by atoms with Gasteiger partial charge in [-0.1, -0.05) is 128 Å². The van der Waals surface area contributed by atoms with Crippen molar-refractivity contribution in [2.75, 3.05) is 13.2 Å². The number of aliphatic carboxylic acids is 1. The fourth-order valence-electron chi connectivity index (χ4n) is 5.65. The third kappa shape index (κ3) is 33.9. The van der Waals surface area contributed by atoms with Gasteiger partial charge in [0.1, 0.15) is 12.1 Å². The molecular weight excluding hydrogens is 644 g/mol. The lowest BCUT2D eigenvalue weighted by molar-refractivity contribution is -0.147. The fourth-order valence-corrected chi connectivity index (χ4v) is 5.65. The Hall–Kier alpha value is -2.94. The van der Waals surface area contributed by atoms with Crippen LogP contribution in [0.5, 0.6) is 0 Å². The summed E-state index contributed by atoms with van der Waals surface area (Å²) < 4.78 is 5.86. The van der Waals surface area contributed by atoms with E-state index >= 15 is 0 Å². The summed E-state index contributed by atoms with van der Waals surface area (Å²) in [6.07, 6.45) is 40.6. The van der Waals surface area contributed by atoms with Crippen molar-refractivity contribution < 1.29 is 34.1 Å². The number of amides is 2. The van der Waals surface area contributed by atoms with E-state index in [2.05, 4.69) is 54.9 Å². The predicted octanol–water partition coefficient (Wildman–Crippen LogP) is 9.43. The number of ether oxygens (including phenoxy) is 1. The molecule has 4 N–H and O–H groups in total. The van der Waals surface area contributed by atoms with Gasteiger partial charge in [0, 0.05) is 12.8 Å². The molecule has 0 radical (unpaired) electrons. The Morgan fingerprint density at radius 3 is 1.69 bits per heavy atom. The van der Waals surface area contributed by atoms with Crippen molar-refractivity contribution in [2.24, 2.45) is 0 Å². The molecule has 0 rings (SSSR count). The zero-order valence-electron chi connectivity index (χ0n) is 32.4. The zero-order chi connectivity index (χ0) is 37.6. The highest BCUT2D eigenvalue weighted by Gasteiger charge is 2.18. The summed E-state index contributed by atoms with van der Waals surface area (Å²) >= 11 is 0. The van der Waals surface area contributed by atoms with Crippen LogP contribution in [0.15, 0.2) is 36.5 Å². The van der Waals surface area contributed by atoms with Crippen LogP contribution in [-0.2, 0) is 23.9 Å². The van der Waals surface area contributed by atoms with Crippen LogP contribution in [0.25, 0.3) is 0 Å². The third-order valence-corrected chi connectivity index (χ3v) is 8.84. The summed E-state index contributed by atoms with van der Waals surface area (Å²) in [4.78, 5) is 47.3. The van der Waals surface area contributed by atoms with Gasteiger partial charge in [-0.2, -0.15) is 0 Å². The summed E-state index contributed by atoms with van der Waals surface area (Å²) in [7, 11) is 0. The van der Waals surface area contributed by atoms with Gasteiger partial charge in [0.05, 0.1) is 13.2 Å². The number of unbranched alkanes of at least 4 members (excludes halogenated alkanes) is 18. The Bertz CT molecular complexity index is 963. The van der Waals surface area contributed by atoms with Crippen LogP contribution in [0.3, 0.4) is 0 Å². The first kappa shape index (κ1) is 48.1. The third-order valence-electron chi connectivity index (χ3n) is 8.84. The van der Waals surface area contributed by atoms with Gasteiger partial charge in [-0.15, -0.1) is 0 Å². The number of carbonyl (C=O) groups excluding carboxylic acids is 3. The molecule has 0 aromatic heterocycles. The van der Waals surface area contributed by atoms with E-state index in [9.17, 15) is 19.2 Å². The molecule has 0 aliphatic carbocycles. The number of aliphatic hydroxyl groups excluding tert-OH is 1. The SMILES string of the molecule is CCCCC/C=C\C/C=C\CCCCCCCCCCCC(=O)OC(/C=C\CCCCC)CCCCCCC(=O)NCC(=O)NC(CO)C(=O)O. The molecule has 2 amide bonds. The van der Waals surface area contributed by atoms with E-state index in [0.717, 1.165) is 57.8 Å². The van der Waals surface area contributed by atoms with Gasteiger partial charge in [-0.25, -0.2) is 4.79 Å². The van der Waals surface area contributed by atoms with Crippen LogP contribution in [-0.4, -0.2) is 59.3 Å². The minimum Gasteiger partial charge on any atom is -0.480 e. The lowest BCUT2D eigenvalue weighted by Gasteiger charge is -2.15. The number of nitrogens with one attached hydrogen (secondary N) is 2. The maximum atomic E-state index is 12.6. The van der Waals surface area contributed by atoms with Crippen LogP contribution in [0.1, 0.15) is 181 Å². The minimum absolute atomic E-state index is 0.121. The second-order valence-corrected chi connectivity index (χ2v) is 13.7. The van der Waals surface area contributed by atoms with Crippen molar-refractivity contribution in [3.8, 4) is 0 Å². The van der Waals surface area contributed by atoms with Gasteiger partial charge < -0.3 is 25.6 Å². The van der Waals surface area contributed by atoms with E-state index < -0.39 is 24.5 Å². The summed E-state index contributed by atoms with van der Waals surface area (Å²) in [5.41, 5.74) is 0. The van der Waals surface area contributed by atoms with Crippen molar-refractivity contribution in [3.63, 3.8) is 0 Å². The molecule has 2 unspecified atom stereocenters. The Balaban J connectivity index is 4.06. The van der Waals surface area contributed by atoms with E-state index in [1.807, 2.05) is 6.08 Å². The number of allylic oxidation sites excluding steroid dienone is 5. The first-order chi connectivity index (χ1) is 24.8. The quantitative estimate of drug-likeness (QED) is 0.0287. The number of carboxylic acid groups (broad SMARTS) is 1. The van der Waals surface area contributed by atoms with E-state index in [1.54, 1.807) is 0 Å². The van der Waals surface area contributed by atoms with Gasteiger partial charge in [-0.3, -0.25) is 14.4 Å². The van der Waals surface area contributed by atoms with Crippen LogP contribution in [0.2, 0.25) is 0 Å². The van der Waals surface area contributed by atoms with Crippen molar-refractivity contribution >= 4 is 23.8 Å². The van der Waals surface area contributed by atoms with Crippen LogP contribution in [0.4, 0.5) is 0 Å².